The van der Waals surface area contributed by atoms with Crippen molar-refractivity contribution in [2.24, 2.45) is 5.41 Å². The van der Waals surface area contributed by atoms with E-state index in [9.17, 15) is 14.0 Å². The van der Waals surface area contributed by atoms with Gasteiger partial charge in [0.15, 0.2) is 0 Å². The number of anilines is 1. The van der Waals surface area contributed by atoms with Crippen LogP contribution in [0.25, 0.3) is 0 Å². The van der Waals surface area contributed by atoms with Crippen LogP contribution in [0.2, 0.25) is 0 Å². The van der Waals surface area contributed by atoms with Crippen molar-refractivity contribution in [3.63, 3.8) is 0 Å². The number of rotatable bonds is 5. The van der Waals surface area contributed by atoms with Crippen LogP contribution in [-0.2, 0) is 0 Å². The summed E-state index contributed by atoms with van der Waals surface area (Å²) in [7, 11) is 0. The van der Waals surface area contributed by atoms with E-state index in [-0.39, 0.29) is 16.7 Å². The van der Waals surface area contributed by atoms with E-state index in [1.54, 1.807) is 0 Å². The quantitative estimate of drug-likeness (QED) is 0.776. The third kappa shape index (κ3) is 4.53. The molecule has 0 heterocycles. The molecule has 0 bridgehead atoms. The molecule has 3 N–H and O–H groups in total. The summed E-state index contributed by atoms with van der Waals surface area (Å²) in [4.78, 5) is 22.7. The highest BCUT2D eigenvalue weighted by Crippen LogP contribution is 2.19. The molecule has 1 aromatic rings. The Balaban J connectivity index is 2.75. The molecule has 0 aliphatic heterocycles. The summed E-state index contributed by atoms with van der Waals surface area (Å²) in [5.74, 6) is -1.84. The first-order valence-electron chi connectivity index (χ1n) is 6.33. The first kappa shape index (κ1) is 15.9. The minimum Gasteiger partial charge on any atom is -0.478 e. The van der Waals surface area contributed by atoms with Crippen molar-refractivity contribution in [3.8, 4) is 0 Å². The Bertz CT molecular complexity index is 515. The SMILES string of the molecule is CCC(C)(C)CNC(=O)Nc1cc(F)ccc1C(=O)O. The fourth-order valence-electron chi connectivity index (χ4n) is 1.42. The Hall–Kier alpha value is -2.11. The lowest BCUT2D eigenvalue weighted by atomic mass is 9.90. The number of hydrogen-bond acceptors (Lipinski definition) is 2. The summed E-state index contributed by atoms with van der Waals surface area (Å²) in [6, 6.07) is 2.57. The molecule has 0 saturated carbocycles. The van der Waals surface area contributed by atoms with Gasteiger partial charge in [0.25, 0.3) is 0 Å². The van der Waals surface area contributed by atoms with E-state index in [0.717, 1.165) is 24.6 Å². The van der Waals surface area contributed by atoms with Gasteiger partial charge in [-0.2, -0.15) is 0 Å². The molecule has 0 aliphatic rings. The Morgan fingerprint density at radius 2 is 2.00 bits per heavy atom. The van der Waals surface area contributed by atoms with Crippen molar-refractivity contribution in [1.82, 2.24) is 5.32 Å². The molecule has 6 heteroatoms. The summed E-state index contributed by atoms with van der Waals surface area (Å²) in [6.45, 7) is 6.44. The number of carboxylic acids is 1. The average Bonchev–Trinajstić information content (AvgIpc) is 2.36. The van der Waals surface area contributed by atoms with Gasteiger partial charge in [0.1, 0.15) is 5.82 Å². The molecule has 0 atom stereocenters. The number of benzene rings is 1. The average molecular weight is 282 g/mol. The molecule has 0 aliphatic carbocycles. The van der Waals surface area contributed by atoms with E-state index in [1.807, 2.05) is 20.8 Å². The van der Waals surface area contributed by atoms with Crippen LogP contribution in [0.1, 0.15) is 37.6 Å². The maximum absolute atomic E-state index is 13.1. The molecular weight excluding hydrogens is 263 g/mol. The summed E-state index contributed by atoms with van der Waals surface area (Å²) in [5.41, 5.74) is -0.282. The minimum atomic E-state index is -1.23. The van der Waals surface area contributed by atoms with Crippen LogP contribution >= 0.6 is 0 Å². The Labute approximate surface area is 117 Å². The number of amides is 2. The van der Waals surface area contributed by atoms with Crippen molar-refractivity contribution >= 4 is 17.7 Å². The topological polar surface area (TPSA) is 78.4 Å². The normalized spacial score (nSPS) is 11.0. The molecule has 0 radical (unpaired) electrons. The summed E-state index contributed by atoms with van der Waals surface area (Å²) >= 11 is 0. The lowest BCUT2D eigenvalue weighted by molar-refractivity contribution is 0.0698. The zero-order chi connectivity index (χ0) is 15.3. The lowest BCUT2D eigenvalue weighted by Crippen LogP contribution is -2.36. The fraction of sp³-hybridized carbons (Fsp3) is 0.429. The number of hydrogen-bond donors (Lipinski definition) is 3. The van der Waals surface area contributed by atoms with Gasteiger partial charge < -0.3 is 15.7 Å². The van der Waals surface area contributed by atoms with Gasteiger partial charge in [0.2, 0.25) is 0 Å². The van der Waals surface area contributed by atoms with Crippen molar-refractivity contribution in [2.45, 2.75) is 27.2 Å². The Morgan fingerprint density at radius 1 is 1.35 bits per heavy atom. The molecule has 0 aromatic heterocycles. The van der Waals surface area contributed by atoms with Gasteiger partial charge in [-0.05, 0) is 30.0 Å². The second-order valence-corrected chi connectivity index (χ2v) is 5.32. The molecule has 0 spiro atoms. The fourth-order valence-corrected chi connectivity index (χ4v) is 1.42. The van der Waals surface area contributed by atoms with E-state index in [4.69, 9.17) is 5.11 Å². The van der Waals surface area contributed by atoms with Crippen LogP contribution in [0, 0.1) is 11.2 Å². The number of halogens is 1. The number of aromatic carboxylic acids is 1. The smallest absolute Gasteiger partial charge is 0.337 e. The second-order valence-electron chi connectivity index (χ2n) is 5.32. The van der Waals surface area contributed by atoms with Crippen molar-refractivity contribution in [2.75, 3.05) is 11.9 Å². The Kier molecular flexibility index (Phi) is 5.07. The third-order valence-electron chi connectivity index (χ3n) is 3.14. The van der Waals surface area contributed by atoms with Crippen LogP contribution in [-0.4, -0.2) is 23.7 Å². The number of carbonyl (C=O) groups is 2. The zero-order valence-electron chi connectivity index (χ0n) is 11.8. The zero-order valence-corrected chi connectivity index (χ0v) is 11.8. The van der Waals surface area contributed by atoms with E-state index in [1.165, 1.54) is 0 Å². The van der Waals surface area contributed by atoms with Crippen LogP contribution < -0.4 is 10.6 Å². The molecule has 110 valence electrons. The van der Waals surface area contributed by atoms with E-state index >= 15 is 0 Å². The highest BCUT2D eigenvalue weighted by atomic mass is 19.1. The molecule has 2 amide bonds. The van der Waals surface area contributed by atoms with Gasteiger partial charge in [0.05, 0.1) is 11.3 Å². The van der Waals surface area contributed by atoms with E-state index in [2.05, 4.69) is 10.6 Å². The van der Waals surface area contributed by atoms with Crippen LogP contribution in [0.15, 0.2) is 18.2 Å². The molecule has 1 rings (SSSR count). The highest BCUT2D eigenvalue weighted by Gasteiger charge is 2.17. The monoisotopic (exact) mass is 282 g/mol. The highest BCUT2D eigenvalue weighted by molar-refractivity contribution is 5.99. The number of urea groups is 1. The number of carboxylic acid groups (broad SMARTS) is 1. The maximum atomic E-state index is 13.1. The molecule has 0 unspecified atom stereocenters. The van der Waals surface area contributed by atoms with Crippen molar-refractivity contribution in [1.29, 1.82) is 0 Å². The molecule has 20 heavy (non-hydrogen) atoms. The van der Waals surface area contributed by atoms with Gasteiger partial charge in [0, 0.05) is 6.54 Å². The molecule has 5 nitrogen and oxygen atoms in total. The summed E-state index contributed by atoms with van der Waals surface area (Å²) in [6.07, 6.45) is 0.883. The van der Waals surface area contributed by atoms with Crippen molar-refractivity contribution < 1.29 is 19.1 Å². The van der Waals surface area contributed by atoms with E-state index in [0.29, 0.717) is 6.54 Å². The Morgan fingerprint density at radius 3 is 2.55 bits per heavy atom. The summed E-state index contributed by atoms with van der Waals surface area (Å²) in [5, 5.41) is 14.0. The third-order valence-corrected chi connectivity index (χ3v) is 3.14. The van der Waals surface area contributed by atoms with Gasteiger partial charge >= 0.3 is 12.0 Å². The molecule has 0 fully saturated rings. The first-order chi connectivity index (χ1) is 9.25. The van der Waals surface area contributed by atoms with Crippen LogP contribution in [0.4, 0.5) is 14.9 Å². The second kappa shape index (κ2) is 6.36. The summed E-state index contributed by atoms with van der Waals surface area (Å²) < 4.78 is 13.1. The number of nitrogens with one attached hydrogen (secondary N) is 2. The largest absolute Gasteiger partial charge is 0.478 e. The van der Waals surface area contributed by atoms with Crippen LogP contribution in [0.5, 0.6) is 0 Å². The van der Waals surface area contributed by atoms with Gasteiger partial charge in [-0.1, -0.05) is 20.8 Å². The van der Waals surface area contributed by atoms with Gasteiger partial charge in [-0.25, -0.2) is 14.0 Å². The maximum Gasteiger partial charge on any atom is 0.337 e. The van der Waals surface area contributed by atoms with E-state index < -0.39 is 17.8 Å². The minimum absolute atomic E-state index is 0.0606. The molecule has 0 saturated heterocycles. The van der Waals surface area contributed by atoms with Gasteiger partial charge in [-0.3, -0.25) is 0 Å². The van der Waals surface area contributed by atoms with Crippen LogP contribution in [0.3, 0.4) is 0 Å². The molecular formula is C14H19FN2O3. The number of carbonyl (C=O) groups excluding carboxylic acids is 1. The predicted octanol–water partition coefficient (Wildman–Crippen LogP) is 3.08. The lowest BCUT2D eigenvalue weighted by Gasteiger charge is -2.23. The van der Waals surface area contributed by atoms with Gasteiger partial charge in [-0.15, -0.1) is 0 Å². The molecule has 1 aromatic carbocycles. The first-order valence-corrected chi connectivity index (χ1v) is 6.33. The predicted molar refractivity (Wildman–Crippen MR) is 74.5 cm³/mol. The van der Waals surface area contributed by atoms with Crippen molar-refractivity contribution in [3.05, 3.63) is 29.6 Å². The standard InChI is InChI=1S/C14H19FN2O3/c1-4-14(2,3)8-16-13(20)17-11-7-9(15)5-6-10(11)12(18)19/h5-7H,4,8H2,1-3H3,(H,18,19)(H2,16,17,20).